The molecule has 0 heterocycles. The summed E-state index contributed by atoms with van der Waals surface area (Å²) in [7, 11) is 0. The first-order chi connectivity index (χ1) is 10.2. The Hall–Kier alpha value is -0.200. The Balaban J connectivity index is -0.000000242. The molecule has 0 amide bonds. The van der Waals surface area contributed by atoms with Gasteiger partial charge in [-0.25, -0.2) is 0 Å². The van der Waals surface area contributed by atoms with Gasteiger partial charge in [0.1, 0.15) is 0 Å². The van der Waals surface area contributed by atoms with Crippen LogP contribution in [0.2, 0.25) is 0 Å². The summed E-state index contributed by atoms with van der Waals surface area (Å²) in [6, 6.07) is 0. The van der Waals surface area contributed by atoms with E-state index >= 15 is 0 Å². The van der Waals surface area contributed by atoms with Crippen LogP contribution >= 0.6 is 0 Å². The quantitative estimate of drug-likeness (QED) is 0.542. The first-order valence-corrected chi connectivity index (χ1v) is 8.19. The molecule has 0 atom stereocenters. The van der Waals surface area contributed by atoms with Crippen LogP contribution in [-0.2, 0) is 14.2 Å². The first kappa shape index (κ1) is 25.7. The van der Waals surface area contributed by atoms with Crippen LogP contribution in [0.3, 0.4) is 0 Å². The molecule has 0 aliphatic heterocycles. The fourth-order valence-corrected chi connectivity index (χ4v) is 1.03. The van der Waals surface area contributed by atoms with E-state index in [0.29, 0.717) is 13.2 Å². The Labute approximate surface area is 131 Å². The monoisotopic (exact) mass is 310 g/mol. The summed E-state index contributed by atoms with van der Waals surface area (Å²) in [4.78, 5) is 0. The number of rotatable bonds is 12. The molecule has 0 rings (SSSR count). The number of aliphatic hydroxyl groups excluding tert-OH is 2. The third-order valence-corrected chi connectivity index (χ3v) is 2.16. The third kappa shape index (κ3) is 45.1. The smallest absolute Gasteiger partial charge is 0.0698 e. The highest BCUT2D eigenvalue weighted by atomic mass is 16.5. The minimum atomic E-state index is 0.0278. The third-order valence-electron chi connectivity index (χ3n) is 2.16. The highest BCUT2D eigenvalue weighted by Crippen LogP contribution is 1.91. The molecule has 132 valence electrons. The van der Waals surface area contributed by atoms with Crippen molar-refractivity contribution in [2.24, 2.45) is 0 Å². The van der Waals surface area contributed by atoms with Gasteiger partial charge in [0, 0.05) is 26.4 Å². The Morgan fingerprint density at radius 2 is 0.952 bits per heavy atom. The van der Waals surface area contributed by atoms with Gasteiger partial charge in [0.25, 0.3) is 0 Å². The molecule has 0 spiro atoms. The van der Waals surface area contributed by atoms with Gasteiger partial charge in [-0.1, -0.05) is 26.7 Å². The maximum absolute atomic E-state index is 8.09. The van der Waals surface area contributed by atoms with Crippen molar-refractivity contribution in [3.63, 3.8) is 0 Å². The van der Waals surface area contributed by atoms with E-state index in [1.54, 1.807) is 0 Å². The minimum absolute atomic E-state index is 0.0278. The topological polar surface area (TPSA) is 68.2 Å². The molecule has 2 N–H and O–H groups in total. The van der Waals surface area contributed by atoms with Gasteiger partial charge in [0.05, 0.1) is 26.4 Å². The number of ether oxygens (including phenoxy) is 3. The zero-order valence-corrected chi connectivity index (χ0v) is 14.6. The number of hydrogen-bond acceptors (Lipinski definition) is 5. The lowest BCUT2D eigenvalue weighted by Crippen LogP contribution is -2.03. The van der Waals surface area contributed by atoms with Crippen molar-refractivity contribution in [1.29, 1.82) is 0 Å². The molecule has 0 aromatic carbocycles. The summed E-state index contributed by atoms with van der Waals surface area (Å²) in [5.41, 5.74) is 0. The molecule has 0 unspecified atom stereocenters. The van der Waals surface area contributed by atoms with E-state index in [1.807, 2.05) is 13.8 Å². The molecule has 0 fully saturated rings. The van der Waals surface area contributed by atoms with Gasteiger partial charge >= 0.3 is 0 Å². The zero-order chi connectivity index (χ0) is 16.6. The summed E-state index contributed by atoms with van der Waals surface area (Å²) in [6.07, 6.45) is 4.91. The van der Waals surface area contributed by atoms with Crippen LogP contribution in [0.25, 0.3) is 0 Å². The van der Waals surface area contributed by atoms with Crippen LogP contribution < -0.4 is 0 Å². The van der Waals surface area contributed by atoms with E-state index in [-0.39, 0.29) is 13.2 Å². The largest absolute Gasteiger partial charge is 0.394 e. The first-order valence-electron chi connectivity index (χ1n) is 8.19. The molecular formula is C16H38O5. The van der Waals surface area contributed by atoms with Gasteiger partial charge in [-0.15, -0.1) is 0 Å². The fourth-order valence-electron chi connectivity index (χ4n) is 1.03. The lowest BCUT2D eigenvalue weighted by atomic mass is 10.3. The van der Waals surface area contributed by atoms with Gasteiger partial charge in [-0.3, -0.25) is 0 Å². The Bertz CT molecular complexity index is 122. The van der Waals surface area contributed by atoms with Crippen LogP contribution in [-0.4, -0.2) is 63.1 Å². The normalized spacial score (nSPS) is 9.43. The molecule has 5 heteroatoms. The van der Waals surface area contributed by atoms with Crippen molar-refractivity contribution in [3.8, 4) is 0 Å². The number of hydrogen-bond donors (Lipinski definition) is 2. The summed E-state index contributed by atoms with van der Waals surface area (Å²) >= 11 is 0. The molecule has 0 aromatic rings. The van der Waals surface area contributed by atoms with Gasteiger partial charge in [0.15, 0.2) is 0 Å². The summed E-state index contributed by atoms with van der Waals surface area (Å²) < 4.78 is 14.8. The summed E-state index contributed by atoms with van der Waals surface area (Å²) in [5, 5.41) is 16.2. The van der Waals surface area contributed by atoms with Crippen molar-refractivity contribution in [3.05, 3.63) is 0 Å². The SMILES string of the molecule is CCCCOCCCC.CCOCC.OCCOCCO. The van der Waals surface area contributed by atoms with Gasteiger partial charge in [-0.05, 0) is 26.7 Å². The van der Waals surface area contributed by atoms with E-state index in [0.717, 1.165) is 26.4 Å². The van der Waals surface area contributed by atoms with Crippen molar-refractivity contribution in [1.82, 2.24) is 0 Å². The number of unbranched alkanes of at least 4 members (excludes halogenated alkanes) is 2. The average molecular weight is 310 g/mol. The molecule has 0 aliphatic carbocycles. The summed E-state index contributed by atoms with van der Waals surface area (Å²) in [5.74, 6) is 0. The Kier molecular flexibility index (Phi) is 39.2. The van der Waals surface area contributed by atoms with Crippen molar-refractivity contribution in [2.45, 2.75) is 53.4 Å². The molecule has 0 saturated carbocycles. The maximum atomic E-state index is 8.09. The second-order valence-corrected chi connectivity index (χ2v) is 4.16. The zero-order valence-electron chi connectivity index (χ0n) is 14.6. The van der Waals surface area contributed by atoms with Crippen molar-refractivity contribution in [2.75, 3.05) is 52.9 Å². The van der Waals surface area contributed by atoms with E-state index in [1.165, 1.54) is 25.7 Å². The molecule has 0 radical (unpaired) electrons. The molecular weight excluding hydrogens is 272 g/mol. The Morgan fingerprint density at radius 3 is 1.19 bits per heavy atom. The van der Waals surface area contributed by atoms with Crippen LogP contribution in [0.15, 0.2) is 0 Å². The lowest BCUT2D eigenvalue weighted by molar-refractivity contribution is 0.0650. The standard InChI is InChI=1S/C8H18O.C4H10O3.C4H10O/c1-3-5-7-9-8-6-4-2;5-1-3-7-4-2-6;1-3-5-4-2/h3-8H2,1-2H3;5-6H,1-4H2;3-4H2,1-2H3. The van der Waals surface area contributed by atoms with Crippen molar-refractivity contribution < 1.29 is 24.4 Å². The van der Waals surface area contributed by atoms with Crippen LogP contribution in [0.1, 0.15) is 53.4 Å². The predicted octanol–water partition coefficient (Wildman–Crippen LogP) is 2.63. The van der Waals surface area contributed by atoms with Crippen molar-refractivity contribution >= 4 is 0 Å². The second-order valence-electron chi connectivity index (χ2n) is 4.16. The fraction of sp³-hybridized carbons (Fsp3) is 1.00. The van der Waals surface area contributed by atoms with E-state index < -0.39 is 0 Å². The summed E-state index contributed by atoms with van der Waals surface area (Å²) in [6.45, 7) is 12.6. The van der Waals surface area contributed by atoms with Crippen LogP contribution in [0.5, 0.6) is 0 Å². The average Bonchev–Trinajstić information content (AvgIpc) is 2.50. The van der Waals surface area contributed by atoms with E-state index in [2.05, 4.69) is 18.6 Å². The van der Waals surface area contributed by atoms with Gasteiger partial charge in [0.2, 0.25) is 0 Å². The maximum Gasteiger partial charge on any atom is 0.0698 e. The molecule has 5 nitrogen and oxygen atoms in total. The number of aliphatic hydroxyl groups is 2. The van der Waals surface area contributed by atoms with Gasteiger partial charge < -0.3 is 24.4 Å². The van der Waals surface area contributed by atoms with Gasteiger partial charge in [-0.2, -0.15) is 0 Å². The molecule has 0 aliphatic rings. The van der Waals surface area contributed by atoms with Crippen LogP contribution in [0, 0.1) is 0 Å². The van der Waals surface area contributed by atoms with E-state index in [9.17, 15) is 0 Å². The van der Waals surface area contributed by atoms with E-state index in [4.69, 9.17) is 19.7 Å². The highest BCUT2D eigenvalue weighted by molar-refractivity contribution is 4.33. The minimum Gasteiger partial charge on any atom is -0.394 e. The molecule has 0 aromatic heterocycles. The molecule has 0 saturated heterocycles. The highest BCUT2D eigenvalue weighted by Gasteiger charge is 1.84. The molecule has 0 bridgehead atoms. The predicted molar refractivity (Wildman–Crippen MR) is 87.8 cm³/mol. The molecule has 21 heavy (non-hydrogen) atoms. The van der Waals surface area contributed by atoms with Crippen LogP contribution in [0.4, 0.5) is 0 Å². The lowest BCUT2D eigenvalue weighted by Gasteiger charge is -1.99. The second kappa shape index (κ2) is 31.9. The Morgan fingerprint density at radius 1 is 0.571 bits per heavy atom.